The van der Waals surface area contributed by atoms with Gasteiger partial charge in [-0.05, 0) is 19.8 Å². The molecule has 134 valence electrons. The second-order valence-electron chi connectivity index (χ2n) is 5.92. The quantitative estimate of drug-likeness (QED) is 0.625. The summed E-state index contributed by atoms with van der Waals surface area (Å²) in [5, 5.41) is 23.6. The highest BCUT2D eigenvalue weighted by Crippen LogP contribution is 2.35. The molecular formula is C17H21N3O5. The van der Waals surface area contributed by atoms with Gasteiger partial charge in [-0.2, -0.15) is 5.26 Å². The largest absolute Gasteiger partial charge is 0.493 e. The third-order valence-electron chi connectivity index (χ3n) is 4.30. The van der Waals surface area contributed by atoms with Gasteiger partial charge in [-0.1, -0.05) is 19.3 Å². The molecule has 0 bridgehead atoms. The maximum absolute atomic E-state index is 12.7. The number of rotatable bonds is 6. The van der Waals surface area contributed by atoms with Crippen LogP contribution in [-0.4, -0.2) is 30.1 Å². The van der Waals surface area contributed by atoms with Crippen molar-refractivity contribution < 1.29 is 19.2 Å². The molecule has 1 aliphatic carbocycles. The zero-order valence-corrected chi connectivity index (χ0v) is 14.3. The molecular weight excluding hydrogens is 326 g/mol. The summed E-state index contributed by atoms with van der Waals surface area (Å²) in [5.41, 5.74) is -1.51. The summed E-state index contributed by atoms with van der Waals surface area (Å²) in [6, 6.07) is 4.63. The number of nitriles is 1. The minimum Gasteiger partial charge on any atom is -0.493 e. The lowest BCUT2D eigenvalue weighted by molar-refractivity contribution is -0.385. The van der Waals surface area contributed by atoms with E-state index in [-0.39, 0.29) is 22.7 Å². The average molecular weight is 347 g/mol. The maximum Gasteiger partial charge on any atom is 0.286 e. The lowest BCUT2D eigenvalue weighted by Crippen LogP contribution is -2.48. The van der Waals surface area contributed by atoms with Crippen LogP contribution in [0.2, 0.25) is 0 Å². The molecule has 1 N–H and O–H groups in total. The minimum atomic E-state index is -0.977. The predicted molar refractivity (Wildman–Crippen MR) is 89.7 cm³/mol. The minimum absolute atomic E-state index is 0.144. The number of carbonyl (C=O) groups is 1. The monoisotopic (exact) mass is 347 g/mol. The number of nitro benzene ring substituents is 1. The van der Waals surface area contributed by atoms with E-state index in [1.165, 1.54) is 19.2 Å². The van der Waals surface area contributed by atoms with Crippen molar-refractivity contribution in [1.29, 1.82) is 5.26 Å². The van der Waals surface area contributed by atoms with Crippen LogP contribution in [0.25, 0.3) is 0 Å². The zero-order chi connectivity index (χ0) is 18.4. The Bertz CT molecular complexity index is 705. The summed E-state index contributed by atoms with van der Waals surface area (Å²) in [7, 11) is 1.37. The molecule has 0 saturated heterocycles. The number of nitro groups is 1. The van der Waals surface area contributed by atoms with E-state index >= 15 is 0 Å². The van der Waals surface area contributed by atoms with E-state index < -0.39 is 16.4 Å². The van der Waals surface area contributed by atoms with Crippen LogP contribution in [0.5, 0.6) is 11.5 Å². The summed E-state index contributed by atoms with van der Waals surface area (Å²) in [6.07, 6.45) is 3.76. The van der Waals surface area contributed by atoms with Crippen molar-refractivity contribution >= 4 is 11.6 Å². The molecule has 1 aromatic carbocycles. The molecule has 1 fully saturated rings. The SMILES string of the molecule is CCOc1cc(C(=O)NC2(C#N)CCCCC2)c([N+](=O)[O-])cc1OC. The molecule has 0 radical (unpaired) electrons. The number of amides is 1. The van der Waals surface area contributed by atoms with Gasteiger partial charge in [0.2, 0.25) is 0 Å². The van der Waals surface area contributed by atoms with Crippen molar-refractivity contribution in [3.05, 3.63) is 27.8 Å². The molecule has 1 aliphatic rings. The van der Waals surface area contributed by atoms with Gasteiger partial charge in [0, 0.05) is 6.07 Å². The normalized spacial score (nSPS) is 15.7. The average Bonchev–Trinajstić information content (AvgIpc) is 2.62. The molecule has 0 aromatic heterocycles. The van der Waals surface area contributed by atoms with E-state index in [1.54, 1.807) is 6.92 Å². The molecule has 0 heterocycles. The first-order valence-corrected chi connectivity index (χ1v) is 8.19. The number of hydrogen-bond donors (Lipinski definition) is 1. The Morgan fingerprint density at radius 3 is 2.56 bits per heavy atom. The second-order valence-corrected chi connectivity index (χ2v) is 5.92. The Kier molecular flexibility index (Phi) is 5.80. The van der Waals surface area contributed by atoms with Crippen molar-refractivity contribution in [3.63, 3.8) is 0 Å². The molecule has 25 heavy (non-hydrogen) atoms. The lowest BCUT2D eigenvalue weighted by atomic mass is 9.82. The number of carbonyl (C=O) groups excluding carboxylic acids is 1. The van der Waals surface area contributed by atoms with Crippen LogP contribution in [0.3, 0.4) is 0 Å². The molecule has 1 saturated carbocycles. The van der Waals surface area contributed by atoms with E-state index in [0.717, 1.165) is 19.3 Å². The van der Waals surface area contributed by atoms with Gasteiger partial charge in [0.25, 0.3) is 11.6 Å². The van der Waals surface area contributed by atoms with Gasteiger partial charge in [-0.3, -0.25) is 14.9 Å². The smallest absolute Gasteiger partial charge is 0.286 e. The molecule has 0 aliphatic heterocycles. The van der Waals surface area contributed by atoms with Crippen LogP contribution in [-0.2, 0) is 0 Å². The van der Waals surface area contributed by atoms with Gasteiger partial charge >= 0.3 is 0 Å². The molecule has 1 amide bonds. The first-order valence-electron chi connectivity index (χ1n) is 8.19. The van der Waals surface area contributed by atoms with E-state index in [1.807, 2.05) is 0 Å². The summed E-state index contributed by atoms with van der Waals surface area (Å²) in [5.74, 6) is -0.230. The van der Waals surface area contributed by atoms with E-state index in [9.17, 15) is 20.2 Å². The number of nitrogens with zero attached hydrogens (tertiary/aromatic N) is 2. The van der Waals surface area contributed by atoms with Crippen molar-refractivity contribution in [2.75, 3.05) is 13.7 Å². The Hall–Kier alpha value is -2.82. The van der Waals surface area contributed by atoms with Crippen LogP contribution < -0.4 is 14.8 Å². The van der Waals surface area contributed by atoms with Crippen molar-refractivity contribution in [2.45, 2.75) is 44.6 Å². The number of benzene rings is 1. The van der Waals surface area contributed by atoms with Crippen molar-refractivity contribution in [2.24, 2.45) is 0 Å². The number of ether oxygens (including phenoxy) is 2. The van der Waals surface area contributed by atoms with Gasteiger partial charge in [0.15, 0.2) is 11.5 Å². The van der Waals surface area contributed by atoms with E-state index in [0.29, 0.717) is 19.4 Å². The van der Waals surface area contributed by atoms with Gasteiger partial charge in [-0.25, -0.2) is 0 Å². The van der Waals surface area contributed by atoms with Crippen LogP contribution >= 0.6 is 0 Å². The van der Waals surface area contributed by atoms with Gasteiger partial charge in [0.05, 0.1) is 30.8 Å². The van der Waals surface area contributed by atoms with Crippen LogP contribution in [0.15, 0.2) is 12.1 Å². The highest BCUT2D eigenvalue weighted by Gasteiger charge is 2.36. The highest BCUT2D eigenvalue weighted by atomic mass is 16.6. The van der Waals surface area contributed by atoms with E-state index in [4.69, 9.17) is 9.47 Å². The first-order chi connectivity index (χ1) is 12.0. The first kappa shape index (κ1) is 18.5. The Morgan fingerprint density at radius 1 is 1.36 bits per heavy atom. The van der Waals surface area contributed by atoms with Gasteiger partial charge in [-0.15, -0.1) is 0 Å². The zero-order valence-electron chi connectivity index (χ0n) is 14.3. The molecule has 8 nitrogen and oxygen atoms in total. The molecule has 2 rings (SSSR count). The standard InChI is InChI=1S/C17H21N3O5/c1-3-25-15-9-12(13(20(22)23)10-14(15)24-2)16(21)19-17(11-18)7-5-4-6-8-17/h9-10H,3-8H2,1-2H3,(H,19,21). The topological polar surface area (TPSA) is 114 Å². The van der Waals surface area contributed by atoms with E-state index in [2.05, 4.69) is 11.4 Å². The molecule has 0 atom stereocenters. The van der Waals surface area contributed by atoms with Gasteiger partial charge in [0.1, 0.15) is 11.1 Å². The molecule has 0 spiro atoms. The fourth-order valence-electron chi connectivity index (χ4n) is 3.01. The third-order valence-corrected chi connectivity index (χ3v) is 4.30. The Balaban J connectivity index is 2.41. The van der Waals surface area contributed by atoms with Crippen LogP contribution in [0.4, 0.5) is 5.69 Å². The molecule has 8 heteroatoms. The number of methoxy groups -OCH3 is 1. The number of nitrogens with one attached hydrogen (secondary N) is 1. The lowest BCUT2D eigenvalue weighted by Gasteiger charge is -2.31. The van der Waals surface area contributed by atoms with Crippen LogP contribution in [0.1, 0.15) is 49.4 Å². The van der Waals surface area contributed by atoms with Crippen molar-refractivity contribution in [1.82, 2.24) is 5.32 Å². The fourth-order valence-corrected chi connectivity index (χ4v) is 3.01. The highest BCUT2D eigenvalue weighted by molar-refractivity contribution is 5.99. The van der Waals surface area contributed by atoms with Crippen molar-refractivity contribution in [3.8, 4) is 17.6 Å². The second kappa shape index (κ2) is 7.83. The predicted octanol–water partition coefficient (Wildman–Crippen LogP) is 2.96. The summed E-state index contributed by atoms with van der Waals surface area (Å²) >= 11 is 0. The molecule has 0 unspecified atom stereocenters. The van der Waals surface area contributed by atoms with Crippen LogP contribution in [0, 0.1) is 21.4 Å². The summed E-state index contributed by atoms with van der Waals surface area (Å²) in [4.78, 5) is 23.4. The fraction of sp³-hybridized carbons (Fsp3) is 0.529. The number of hydrogen-bond acceptors (Lipinski definition) is 6. The molecule has 1 aromatic rings. The maximum atomic E-state index is 12.7. The Labute approximate surface area is 145 Å². The Morgan fingerprint density at radius 2 is 2.04 bits per heavy atom. The summed E-state index contributed by atoms with van der Waals surface area (Å²) < 4.78 is 10.5. The van der Waals surface area contributed by atoms with Gasteiger partial charge < -0.3 is 14.8 Å². The third kappa shape index (κ3) is 3.99. The summed E-state index contributed by atoms with van der Waals surface area (Å²) in [6.45, 7) is 2.07.